The lowest BCUT2D eigenvalue weighted by Gasteiger charge is -2.38. The van der Waals surface area contributed by atoms with Crippen molar-refractivity contribution in [1.82, 2.24) is 18.3 Å². The fourth-order valence-electron chi connectivity index (χ4n) is 22.1. The molecule has 8 heteroatoms. The van der Waals surface area contributed by atoms with Gasteiger partial charge in [0.05, 0.1) is 55.5 Å². The van der Waals surface area contributed by atoms with E-state index in [1.54, 1.807) is 0 Å². The highest BCUT2D eigenvalue weighted by molar-refractivity contribution is 7.03. The van der Waals surface area contributed by atoms with Gasteiger partial charge in [-0.25, -0.2) is 0 Å². The molecule has 4 aliphatic heterocycles. The third kappa shape index (κ3) is 9.35. The number of nitrogens with zero attached hydrogens (tertiary/aromatic N) is 6. The van der Waals surface area contributed by atoms with Gasteiger partial charge in [0.2, 0.25) is 0 Å². The Labute approximate surface area is 705 Å². The van der Waals surface area contributed by atoms with Gasteiger partial charge in [-0.2, -0.15) is 0 Å². The molecule has 122 heavy (non-hydrogen) atoms. The van der Waals surface area contributed by atoms with E-state index in [1.165, 1.54) is 176 Å². The first-order valence-electron chi connectivity index (χ1n) is 42.5. The van der Waals surface area contributed by atoms with Crippen LogP contribution in [0.15, 0.2) is 425 Å². The van der Waals surface area contributed by atoms with Crippen LogP contribution in [0.4, 0.5) is 34.1 Å². The summed E-state index contributed by atoms with van der Waals surface area (Å²) in [7, 11) is 0. The number of fused-ring (bicyclic) bond motifs is 24. The van der Waals surface area contributed by atoms with E-state index in [9.17, 15) is 0 Å². The lowest BCUT2D eigenvalue weighted by atomic mass is 9.31. The zero-order valence-corrected chi connectivity index (χ0v) is 66.3. The third-order valence-corrected chi connectivity index (χ3v) is 27.1. The van der Waals surface area contributed by atoms with Crippen molar-refractivity contribution in [2.24, 2.45) is 0 Å². The minimum absolute atomic E-state index is 0.220. The number of hydrogen-bond acceptors (Lipinski definition) is 2. The summed E-state index contributed by atoms with van der Waals surface area (Å²) in [5, 5.41) is 9.63. The maximum Gasteiger partial charge on any atom is 0.252 e. The lowest BCUT2D eigenvalue weighted by molar-refractivity contribution is 1.14. The molecule has 0 aliphatic carbocycles. The molecule has 0 saturated carbocycles. The maximum atomic E-state index is 2.73. The van der Waals surface area contributed by atoms with Gasteiger partial charge >= 0.3 is 0 Å². The Bertz CT molecular complexity index is 7670. The van der Waals surface area contributed by atoms with E-state index in [0.29, 0.717) is 0 Å². The smallest absolute Gasteiger partial charge is 0.252 e. The molecule has 0 radical (unpaired) electrons. The summed E-state index contributed by atoms with van der Waals surface area (Å²) >= 11 is 0. The third-order valence-electron chi connectivity index (χ3n) is 27.1. The molecule has 27 rings (SSSR count). The normalized spacial score (nSPS) is 12.6. The molecule has 6 nitrogen and oxygen atoms in total. The van der Waals surface area contributed by atoms with Crippen LogP contribution in [0.1, 0.15) is 0 Å². The molecule has 4 aliphatic rings. The fourth-order valence-corrected chi connectivity index (χ4v) is 22.1. The Morgan fingerprint density at radius 3 is 0.795 bits per heavy atom. The molecule has 0 saturated heterocycles. The van der Waals surface area contributed by atoms with Crippen molar-refractivity contribution in [1.29, 1.82) is 0 Å². The number of aromatic nitrogens is 4. The van der Waals surface area contributed by atoms with Gasteiger partial charge in [-0.05, 0) is 167 Å². The Hall–Kier alpha value is -15.9. The minimum atomic E-state index is -0.220. The van der Waals surface area contributed by atoms with Gasteiger partial charge in [-0.1, -0.05) is 346 Å². The van der Waals surface area contributed by atoms with Crippen molar-refractivity contribution in [2.45, 2.75) is 0 Å². The van der Waals surface area contributed by atoms with Crippen LogP contribution in [0.3, 0.4) is 0 Å². The molecule has 562 valence electrons. The van der Waals surface area contributed by atoms with Crippen LogP contribution < -0.4 is 42.6 Å². The number of benzene rings is 19. The first kappa shape index (κ1) is 67.2. The number of hydrogen-bond donors (Lipinski definition) is 0. The van der Waals surface area contributed by atoms with Gasteiger partial charge < -0.3 is 28.1 Å². The van der Waals surface area contributed by atoms with Gasteiger partial charge in [0.1, 0.15) is 0 Å². The molecule has 0 amide bonds. The Morgan fingerprint density at radius 1 is 0.180 bits per heavy atom. The van der Waals surface area contributed by atoms with E-state index in [-0.39, 0.29) is 13.4 Å². The van der Waals surface area contributed by atoms with Crippen molar-refractivity contribution >= 4 is 168 Å². The standard InChI is InChI=1S/C114H70B2N6/c1-7-29-71(30-8-1)75-53-61-81(62-54-75)117(82-63-55-76(56-64-82)72-31-9-2-10-32-72)109-101-87-41-19-23-49-95(87)119-99-70-100-94(69-93(99)115-91-47-21-25-51-97(91)121-107-85(79-37-15-5-16-38-79)43-27-45-89(107)103(109)113(121)105(115)111(101)119)116-92-48-22-26-52-98(92)122-108-86(80-39-17-6-18-40-80)44-28-46-90(108)104-110(102-88-42-20-24-50-96(88)120(100)112(102)106(116)114(104)122)118(83-65-57-77(58-66-83)73-33-11-3-12-34-73)84-67-59-78(60-68-84)74-35-13-4-14-36-74/h1-70H. The highest BCUT2D eigenvalue weighted by Crippen LogP contribution is 2.57. The highest BCUT2D eigenvalue weighted by Gasteiger charge is 2.49. The molecule has 0 N–H and O–H groups in total. The van der Waals surface area contributed by atoms with Crippen LogP contribution in [0.2, 0.25) is 0 Å². The average molecular weight is 1550 g/mol. The maximum absolute atomic E-state index is 2.73. The second-order valence-corrected chi connectivity index (χ2v) is 33.2. The van der Waals surface area contributed by atoms with Crippen LogP contribution in [0, 0.1) is 0 Å². The second kappa shape index (κ2) is 25.8. The predicted octanol–water partition coefficient (Wildman–Crippen LogP) is 25.3. The van der Waals surface area contributed by atoms with Crippen LogP contribution in [0.5, 0.6) is 0 Å². The molecule has 0 bridgehead atoms. The van der Waals surface area contributed by atoms with E-state index in [1.807, 2.05) is 0 Å². The number of anilines is 6. The topological polar surface area (TPSA) is 26.2 Å². The molecule has 0 spiro atoms. The molecule has 19 aromatic carbocycles. The van der Waals surface area contributed by atoms with Crippen molar-refractivity contribution < 1.29 is 0 Å². The molecule has 0 unspecified atom stereocenters. The van der Waals surface area contributed by atoms with E-state index >= 15 is 0 Å². The van der Waals surface area contributed by atoms with Crippen molar-refractivity contribution in [2.75, 3.05) is 9.80 Å². The van der Waals surface area contributed by atoms with Crippen LogP contribution in [-0.4, -0.2) is 31.7 Å². The fraction of sp³-hybridized carbons (Fsp3) is 0. The average Bonchev–Trinajstić information content (AvgIpc) is 1.47. The van der Waals surface area contributed by atoms with Crippen LogP contribution in [0.25, 0.3) is 177 Å². The molecule has 0 fully saturated rings. The summed E-state index contributed by atoms with van der Waals surface area (Å²) in [5.41, 5.74) is 42.7. The Balaban J connectivity index is 0.805. The quantitative estimate of drug-likeness (QED) is 0.114. The largest absolute Gasteiger partial charge is 0.310 e. The molecular weight excluding hydrogens is 1470 g/mol. The number of para-hydroxylation sites is 6. The van der Waals surface area contributed by atoms with Gasteiger partial charge in [-0.3, -0.25) is 0 Å². The molecule has 0 atom stereocenters. The number of rotatable bonds is 12. The zero-order valence-electron chi connectivity index (χ0n) is 66.3. The molecule has 8 heterocycles. The van der Waals surface area contributed by atoms with E-state index in [0.717, 1.165) is 67.4 Å². The molecule has 4 aromatic heterocycles. The highest BCUT2D eigenvalue weighted by atomic mass is 15.2. The monoisotopic (exact) mass is 1540 g/mol. The van der Waals surface area contributed by atoms with E-state index < -0.39 is 0 Å². The first-order chi connectivity index (χ1) is 60.6. The summed E-state index contributed by atoms with van der Waals surface area (Å²) in [6, 6.07) is 160. The SMILES string of the molecule is c1ccc(-c2ccc(N(c3ccc(-c4ccccc4)cc3)c3c4c5ccccc5n5c4c4c6c3c3cccc(-c7ccccc7)c3n6-c3ccccc3B4c3cc4c(cc3-5)-n3c5ccccc5c5c(N(c6ccc(-c7ccccc7)cc6)c6ccc(-c7ccccc7)cc6)c6c7cccc(-c8ccccc8)c7n7c6c(c53)B4c3ccccc3-7)cc2)cc1. The lowest BCUT2D eigenvalue weighted by Crippen LogP contribution is -2.63. The summed E-state index contributed by atoms with van der Waals surface area (Å²) in [5.74, 6) is 0. The minimum Gasteiger partial charge on any atom is -0.310 e. The van der Waals surface area contributed by atoms with E-state index in [2.05, 4.69) is 453 Å². The van der Waals surface area contributed by atoms with Gasteiger partial charge in [0.25, 0.3) is 13.4 Å². The Morgan fingerprint density at radius 2 is 0.451 bits per heavy atom. The molecule has 23 aromatic rings. The summed E-state index contributed by atoms with van der Waals surface area (Å²) in [4.78, 5) is 5.23. The van der Waals surface area contributed by atoms with Crippen molar-refractivity contribution in [3.8, 4) is 89.5 Å². The Kier molecular flexibility index (Phi) is 14.2. The van der Waals surface area contributed by atoms with Crippen molar-refractivity contribution in [3.05, 3.63) is 425 Å². The van der Waals surface area contributed by atoms with Gasteiger partial charge in [0.15, 0.2) is 0 Å². The summed E-state index contributed by atoms with van der Waals surface area (Å²) < 4.78 is 10.8. The van der Waals surface area contributed by atoms with Gasteiger partial charge in [0, 0.05) is 99.7 Å². The van der Waals surface area contributed by atoms with Gasteiger partial charge in [-0.15, -0.1) is 0 Å². The predicted molar refractivity (Wildman–Crippen MR) is 515 cm³/mol. The summed E-state index contributed by atoms with van der Waals surface area (Å²) in [6.07, 6.45) is 0. The van der Waals surface area contributed by atoms with Crippen LogP contribution >= 0.6 is 0 Å². The summed E-state index contributed by atoms with van der Waals surface area (Å²) in [6.45, 7) is -0.440. The van der Waals surface area contributed by atoms with Crippen LogP contribution in [-0.2, 0) is 0 Å². The first-order valence-corrected chi connectivity index (χ1v) is 42.5. The van der Waals surface area contributed by atoms with E-state index in [4.69, 9.17) is 0 Å². The molecular formula is C114H70B2N6. The van der Waals surface area contributed by atoms with Crippen molar-refractivity contribution in [3.63, 3.8) is 0 Å². The second-order valence-electron chi connectivity index (χ2n) is 33.2. The zero-order chi connectivity index (χ0) is 79.5.